The van der Waals surface area contributed by atoms with E-state index in [4.69, 9.17) is 5.73 Å². The third-order valence-corrected chi connectivity index (χ3v) is 3.11. The fourth-order valence-electron chi connectivity index (χ4n) is 1.88. The Morgan fingerprint density at radius 1 is 1.05 bits per heavy atom. The number of phenolic OH excluding ortho intramolecular Hbond substituents is 1. The van der Waals surface area contributed by atoms with Crippen LogP contribution in [0.25, 0.3) is 0 Å². The molecule has 3 N–H and O–H groups in total. The van der Waals surface area contributed by atoms with Gasteiger partial charge in [0.05, 0.1) is 12.1 Å². The Labute approximate surface area is 117 Å². The van der Waals surface area contributed by atoms with Crippen molar-refractivity contribution in [2.75, 3.05) is 6.54 Å². The SMILES string of the molecule is CC(C)(C)c1cc(C#CCN)c(O)c(C(C)(C)C)c1. The summed E-state index contributed by atoms with van der Waals surface area (Å²) in [5.74, 6) is 6.07. The molecule has 0 bridgehead atoms. The van der Waals surface area contributed by atoms with Gasteiger partial charge >= 0.3 is 0 Å². The molecule has 0 aliphatic heterocycles. The van der Waals surface area contributed by atoms with Gasteiger partial charge in [0, 0.05) is 5.56 Å². The van der Waals surface area contributed by atoms with Crippen LogP contribution in [0.5, 0.6) is 5.75 Å². The van der Waals surface area contributed by atoms with Crippen LogP contribution in [0, 0.1) is 11.8 Å². The Balaban J connectivity index is 3.57. The summed E-state index contributed by atoms with van der Waals surface area (Å²) < 4.78 is 0. The number of phenols is 1. The average molecular weight is 259 g/mol. The largest absolute Gasteiger partial charge is 0.506 e. The highest BCUT2D eigenvalue weighted by Crippen LogP contribution is 2.37. The molecule has 0 atom stereocenters. The molecule has 0 heterocycles. The number of hydrogen-bond acceptors (Lipinski definition) is 2. The lowest BCUT2D eigenvalue weighted by atomic mass is 9.79. The molecule has 2 nitrogen and oxygen atoms in total. The molecule has 19 heavy (non-hydrogen) atoms. The van der Waals surface area contributed by atoms with E-state index < -0.39 is 0 Å². The van der Waals surface area contributed by atoms with Crippen LogP contribution < -0.4 is 5.73 Å². The summed E-state index contributed by atoms with van der Waals surface area (Å²) in [4.78, 5) is 0. The topological polar surface area (TPSA) is 46.2 Å². The van der Waals surface area contributed by atoms with E-state index in [2.05, 4.69) is 59.4 Å². The van der Waals surface area contributed by atoms with Crippen molar-refractivity contribution < 1.29 is 5.11 Å². The van der Waals surface area contributed by atoms with Gasteiger partial charge < -0.3 is 10.8 Å². The number of benzene rings is 1. The van der Waals surface area contributed by atoms with Crippen molar-refractivity contribution in [1.29, 1.82) is 0 Å². The monoisotopic (exact) mass is 259 g/mol. The number of rotatable bonds is 0. The summed E-state index contributed by atoms with van der Waals surface area (Å²) in [5, 5.41) is 10.4. The van der Waals surface area contributed by atoms with Crippen LogP contribution in [0.1, 0.15) is 58.2 Å². The molecule has 1 aromatic carbocycles. The Bertz CT molecular complexity index is 519. The summed E-state index contributed by atoms with van der Waals surface area (Å²) in [6.07, 6.45) is 0. The fourth-order valence-corrected chi connectivity index (χ4v) is 1.88. The van der Waals surface area contributed by atoms with Gasteiger partial charge in [-0.1, -0.05) is 59.4 Å². The van der Waals surface area contributed by atoms with Gasteiger partial charge in [0.2, 0.25) is 0 Å². The smallest absolute Gasteiger partial charge is 0.134 e. The summed E-state index contributed by atoms with van der Waals surface area (Å²) in [5.41, 5.74) is 8.10. The third kappa shape index (κ3) is 3.75. The van der Waals surface area contributed by atoms with E-state index in [1.54, 1.807) is 0 Å². The number of aromatic hydroxyl groups is 1. The van der Waals surface area contributed by atoms with Crippen LogP contribution in [-0.4, -0.2) is 11.7 Å². The maximum absolute atomic E-state index is 10.4. The first-order valence-electron chi connectivity index (χ1n) is 6.64. The van der Waals surface area contributed by atoms with Gasteiger partial charge in [-0.3, -0.25) is 0 Å². The molecule has 0 unspecified atom stereocenters. The summed E-state index contributed by atoms with van der Waals surface area (Å²) in [6, 6.07) is 4.05. The Morgan fingerprint density at radius 2 is 1.63 bits per heavy atom. The van der Waals surface area contributed by atoms with Crippen molar-refractivity contribution in [2.45, 2.75) is 52.4 Å². The molecule has 0 aliphatic carbocycles. The van der Waals surface area contributed by atoms with E-state index in [0.717, 1.165) is 5.56 Å². The van der Waals surface area contributed by atoms with Crippen LogP contribution in [0.2, 0.25) is 0 Å². The molecular weight excluding hydrogens is 234 g/mol. The van der Waals surface area contributed by atoms with Gasteiger partial charge in [-0.05, 0) is 22.5 Å². The zero-order valence-electron chi connectivity index (χ0n) is 12.9. The number of nitrogens with two attached hydrogens (primary N) is 1. The van der Waals surface area contributed by atoms with Gasteiger partial charge in [0.15, 0.2) is 0 Å². The highest BCUT2D eigenvalue weighted by Gasteiger charge is 2.24. The van der Waals surface area contributed by atoms with Gasteiger partial charge in [0.25, 0.3) is 0 Å². The van der Waals surface area contributed by atoms with Crippen LogP contribution in [-0.2, 0) is 10.8 Å². The van der Waals surface area contributed by atoms with Crippen LogP contribution in [0.15, 0.2) is 12.1 Å². The maximum atomic E-state index is 10.4. The Kier molecular flexibility index (Phi) is 4.32. The molecule has 1 aromatic rings. The summed E-state index contributed by atoms with van der Waals surface area (Å²) in [7, 11) is 0. The molecule has 0 saturated heterocycles. The predicted octanol–water partition coefficient (Wildman–Crippen LogP) is 3.30. The van der Waals surface area contributed by atoms with Crippen molar-refractivity contribution in [1.82, 2.24) is 0 Å². The first kappa shape index (κ1) is 15.6. The molecule has 2 heteroatoms. The van der Waals surface area contributed by atoms with Gasteiger partial charge in [-0.25, -0.2) is 0 Å². The highest BCUT2D eigenvalue weighted by atomic mass is 16.3. The first-order chi connectivity index (χ1) is 8.57. The van der Waals surface area contributed by atoms with E-state index in [1.807, 2.05) is 6.07 Å². The Morgan fingerprint density at radius 3 is 2.05 bits per heavy atom. The first-order valence-corrected chi connectivity index (χ1v) is 6.64. The zero-order valence-corrected chi connectivity index (χ0v) is 12.9. The van der Waals surface area contributed by atoms with Gasteiger partial charge in [0.1, 0.15) is 5.75 Å². The maximum Gasteiger partial charge on any atom is 0.134 e. The van der Waals surface area contributed by atoms with Crippen molar-refractivity contribution in [3.63, 3.8) is 0 Å². The standard InChI is InChI=1S/C17H25NO/c1-16(2,3)13-10-12(8-7-9-18)15(19)14(11-13)17(4,5)6/h10-11,19H,9,18H2,1-6H3. The van der Waals surface area contributed by atoms with E-state index in [1.165, 1.54) is 5.56 Å². The van der Waals surface area contributed by atoms with Crippen molar-refractivity contribution in [3.05, 3.63) is 28.8 Å². The molecule has 0 saturated carbocycles. The summed E-state index contributed by atoms with van der Waals surface area (Å²) in [6.45, 7) is 13.0. The minimum atomic E-state index is -0.121. The lowest BCUT2D eigenvalue weighted by molar-refractivity contribution is 0.443. The van der Waals surface area contributed by atoms with Crippen molar-refractivity contribution >= 4 is 0 Å². The van der Waals surface area contributed by atoms with Crippen LogP contribution >= 0.6 is 0 Å². The van der Waals surface area contributed by atoms with E-state index in [0.29, 0.717) is 12.1 Å². The third-order valence-electron chi connectivity index (χ3n) is 3.11. The molecule has 0 aromatic heterocycles. The van der Waals surface area contributed by atoms with Gasteiger partial charge in [-0.15, -0.1) is 0 Å². The second-order valence-corrected chi connectivity index (χ2v) is 6.93. The van der Waals surface area contributed by atoms with Gasteiger partial charge in [-0.2, -0.15) is 0 Å². The van der Waals surface area contributed by atoms with E-state index >= 15 is 0 Å². The predicted molar refractivity (Wildman–Crippen MR) is 81.4 cm³/mol. The van der Waals surface area contributed by atoms with E-state index in [9.17, 15) is 5.11 Å². The molecule has 0 radical (unpaired) electrons. The molecule has 0 fully saturated rings. The van der Waals surface area contributed by atoms with Crippen LogP contribution in [0.4, 0.5) is 0 Å². The molecule has 0 amide bonds. The fraction of sp³-hybridized carbons (Fsp3) is 0.529. The molecule has 1 rings (SSSR count). The lowest BCUT2D eigenvalue weighted by Crippen LogP contribution is -2.17. The quantitative estimate of drug-likeness (QED) is 0.702. The van der Waals surface area contributed by atoms with Crippen molar-refractivity contribution in [3.8, 4) is 17.6 Å². The highest BCUT2D eigenvalue weighted by molar-refractivity contribution is 5.55. The average Bonchev–Trinajstić information content (AvgIpc) is 2.24. The molecule has 0 spiro atoms. The molecular formula is C17H25NO. The number of hydrogen-bond donors (Lipinski definition) is 2. The lowest BCUT2D eigenvalue weighted by Gasteiger charge is -2.26. The zero-order chi connectivity index (χ0) is 14.8. The molecule has 104 valence electrons. The normalized spacial score (nSPS) is 11.9. The van der Waals surface area contributed by atoms with Crippen molar-refractivity contribution in [2.24, 2.45) is 5.73 Å². The second kappa shape index (κ2) is 5.27. The minimum absolute atomic E-state index is 0.0207. The second-order valence-electron chi connectivity index (χ2n) is 6.93. The van der Waals surface area contributed by atoms with E-state index in [-0.39, 0.29) is 16.6 Å². The Hall–Kier alpha value is -1.46. The van der Waals surface area contributed by atoms with Crippen LogP contribution in [0.3, 0.4) is 0 Å². The summed E-state index contributed by atoms with van der Waals surface area (Å²) >= 11 is 0. The minimum Gasteiger partial charge on any atom is -0.506 e. The molecule has 0 aliphatic rings.